The number of hydrogen-bond acceptors (Lipinski definition) is 4. The molecule has 3 aromatic rings. The molecule has 176 valence electrons. The van der Waals surface area contributed by atoms with Crippen LogP contribution in [-0.4, -0.2) is 22.0 Å². The van der Waals surface area contributed by atoms with Gasteiger partial charge < -0.3 is 10.4 Å². The van der Waals surface area contributed by atoms with E-state index < -0.39 is 5.97 Å². The standard InChI is InChI=1S/C28H30N2O3S/c31-26(18-22-12-6-7-14-24(22)28(32)33)29-23-13-8-9-20(17-23)15-16-27-30-25(19-34-27)21-10-4-2-1-3-5-11-21/h6-9,12-17,19,21H,1-5,10-11,18H2,(H,29,31)(H,32,33)/b16-15+. The Bertz CT molecular complexity index is 1160. The van der Waals surface area contributed by atoms with Crippen LogP contribution in [0, 0.1) is 0 Å². The molecule has 0 unspecified atom stereocenters. The summed E-state index contributed by atoms with van der Waals surface area (Å²) in [6.45, 7) is 0. The van der Waals surface area contributed by atoms with E-state index in [0.717, 1.165) is 10.6 Å². The van der Waals surface area contributed by atoms with Gasteiger partial charge in [-0.1, -0.05) is 68.5 Å². The quantitative estimate of drug-likeness (QED) is 0.386. The second-order valence-corrected chi connectivity index (χ2v) is 9.69. The molecule has 0 bridgehead atoms. The first-order valence-corrected chi connectivity index (χ1v) is 12.8. The lowest BCUT2D eigenvalue weighted by Gasteiger charge is -2.17. The van der Waals surface area contributed by atoms with Gasteiger partial charge in [0.05, 0.1) is 17.7 Å². The van der Waals surface area contributed by atoms with Crippen LogP contribution in [0.15, 0.2) is 53.9 Å². The molecule has 1 saturated carbocycles. The van der Waals surface area contributed by atoms with Crippen molar-refractivity contribution in [3.8, 4) is 0 Å². The molecule has 0 saturated heterocycles. The van der Waals surface area contributed by atoms with Crippen molar-refractivity contribution in [2.45, 2.75) is 57.3 Å². The number of hydrogen-bond donors (Lipinski definition) is 2. The molecule has 1 fully saturated rings. The van der Waals surface area contributed by atoms with Gasteiger partial charge in [0.25, 0.3) is 0 Å². The second-order valence-electron chi connectivity index (χ2n) is 8.80. The highest BCUT2D eigenvalue weighted by Gasteiger charge is 2.16. The lowest BCUT2D eigenvalue weighted by Crippen LogP contribution is -2.16. The Balaban J connectivity index is 1.38. The Kier molecular flexibility index (Phi) is 8.26. The molecular weight excluding hydrogens is 444 g/mol. The minimum Gasteiger partial charge on any atom is -0.478 e. The van der Waals surface area contributed by atoms with Crippen LogP contribution in [-0.2, 0) is 11.2 Å². The van der Waals surface area contributed by atoms with Crippen molar-refractivity contribution in [2.24, 2.45) is 0 Å². The van der Waals surface area contributed by atoms with Crippen molar-refractivity contribution in [3.63, 3.8) is 0 Å². The van der Waals surface area contributed by atoms with Gasteiger partial charge in [-0.05, 0) is 48.2 Å². The molecular formula is C28H30N2O3S. The van der Waals surface area contributed by atoms with E-state index in [1.54, 1.807) is 29.5 Å². The molecule has 0 radical (unpaired) electrons. The molecule has 1 aromatic heterocycles. The Hall–Kier alpha value is -3.25. The summed E-state index contributed by atoms with van der Waals surface area (Å²) in [7, 11) is 0. The van der Waals surface area contributed by atoms with Crippen molar-refractivity contribution in [2.75, 3.05) is 5.32 Å². The zero-order chi connectivity index (χ0) is 23.8. The van der Waals surface area contributed by atoms with Crippen molar-refractivity contribution < 1.29 is 14.7 Å². The van der Waals surface area contributed by atoms with Crippen LogP contribution in [0.4, 0.5) is 5.69 Å². The molecule has 0 atom stereocenters. The Morgan fingerprint density at radius 2 is 1.76 bits per heavy atom. The van der Waals surface area contributed by atoms with Gasteiger partial charge in [0.15, 0.2) is 0 Å². The van der Waals surface area contributed by atoms with Gasteiger partial charge in [-0.3, -0.25) is 4.79 Å². The average Bonchev–Trinajstić information content (AvgIpc) is 3.27. The van der Waals surface area contributed by atoms with Gasteiger partial charge in [0.1, 0.15) is 5.01 Å². The third kappa shape index (κ3) is 6.64. The van der Waals surface area contributed by atoms with Gasteiger partial charge in [0, 0.05) is 17.0 Å². The summed E-state index contributed by atoms with van der Waals surface area (Å²) in [5, 5.41) is 15.4. The number of thiazole rings is 1. The van der Waals surface area contributed by atoms with E-state index in [9.17, 15) is 14.7 Å². The number of anilines is 1. The monoisotopic (exact) mass is 474 g/mol. The van der Waals surface area contributed by atoms with Crippen LogP contribution in [0.2, 0.25) is 0 Å². The van der Waals surface area contributed by atoms with Gasteiger partial charge in [0.2, 0.25) is 5.91 Å². The number of aromatic nitrogens is 1. The second kappa shape index (κ2) is 11.7. The normalized spacial score (nSPS) is 15.1. The van der Waals surface area contributed by atoms with Crippen molar-refractivity contribution in [3.05, 3.63) is 81.3 Å². The number of nitrogens with one attached hydrogen (secondary N) is 1. The van der Waals surface area contributed by atoms with E-state index in [0.29, 0.717) is 17.2 Å². The van der Waals surface area contributed by atoms with Crippen molar-refractivity contribution in [1.82, 2.24) is 4.98 Å². The number of carbonyl (C=O) groups excluding carboxylic acids is 1. The van der Waals surface area contributed by atoms with Crippen LogP contribution in [0.3, 0.4) is 0 Å². The molecule has 34 heavy (non-hydrogen) atoms. The molecule has 2 aromatic carbocycles. The number of carbonyl (C=O) groups is 2. The molecule has 0 spiro atoms. The molecule has 1 heterocycles. The highest BCUT2D eigenvalue weighted by atomic mass is 32.1. The van der Waals surface area contributed by atoms with Crippen LogP contribution in [0.25, 0.3) is 12.2 Å². The molecule has 1 amide bonds. The highest BCUT2D eigenvalue weighted by molar-refractivity contribution is 7.10. The molecule has 1 aliphatic carbocycles. The van der Waals surface area contributed by atoms with Crippen LogP contribution in [0.1, 0.15) is 83.1 Å². The highest BCUT2D eigenvalue weighted by Crippen LogP contribution is 2.32. The smallest absolute Gasteiger partial charge is 0.335 e. The summed E-state index contributed by atoms with van der Waals surface area (Å²) in [6, 6.07) is 14.2. The van der Waals surface area contributed by atoms with E-state index in [1.807, 2.05) is 36.4 Å². The summed E-state index contributed by atoms with van der Waals surface area (Å²) in [4.78, 5) is 28.8. The number of nitrogens with zero attached hydrogens (tertiary/aromatic N) is 1. The third-order valence-electron chi connectivity index (χ3n) is 6.25. The lowest BCUT2D eigenvalue weighted by molar-refractivity contribution is -0.115. The predicted molar refractivity (Wildman–Crippen MR) is 138 cm³/mol. The summed E-state index contributed by atoms with van der Waals surface area (Å²) in [6.07, 6.45) is 13.2. The molecule has 0 aliphatic heterocycles. The zero-order valence-corrected chi connectivity index (χ0v) is 20.0. The van der Waals surface area contributed by atoms with Crippen LogP contribution >= 0.6 is 11.3 Å². The van der Waals surface area contributed by atoms with E-state index in [4.69, 9.17) is 4.98 Å². The summed E-state index contributed by atoms with van der Waals surface area (Å²) >= 11 is 1.68. The first-order valence-electron chi connectivity index (χ1n) is 11.9. The predicted octanol–water partition coefficient (Wildman–Crippen LogP) is 7.02. The van der Waals surface area contributed by atoms with Gasteiger partial charge in [-0.15, -0.1) is 11.3 Å². The number of carboxylic acid groups (broad SMARTS) is 1. The molecule has 2 N–H and O–H groups in total. The number of rotatable bonds is 7. The first kappa shape index (κ1) is 23.9. The topological polar surface area (TPSA) is 79.3 Å². The number of carboxylic acids is 1. The summed E-state index contributed by atoms with van der Waals surface area (Å²) < 4.78 is 0. The zero-order valence-electron chi connectivity index (χ0n) is 19.2. The maximum atomic E-state index is 12.5. The Labute approximate surface area is 204 Å². The fourth-order valence-corrected chi connectivity index (χ4v) is 5.26. The number of aromatic carboxylic acids is 1. The van der Waals surface area contributed by atoms with Gasteiger partial charge in [-0.2, -0.15) is 0 Å². The van der Waals surface area contributed by atoms with E-state index >= 15 is 0 Å². The molecule has 5 nitrogen and oxygen atoms in total. The minimum atomic E-state index is -1.03. The largest absolute Gasteiger partial charge is 0.478 e. The summed E-state index contributed by atoms with van der Waals surface area (Å²) in [5.74, 6) is -0.697. The van der Waals surface area contributed by atoms with Gasteiger partial charge in [-0.25, -0.2) is 9.78 Å². The average molecular weight is 475 g/mol. The van der Waals surface area contributed by atoms with Crippen molar-refractivity contribution >= 4 is 41.1 Å². The maximum absolute atomic E-state index is 12.5. The molecule has 1 aliphatic rings. The maximum Gasteiger partial charge on any atom is 0.335 e. The fraction of sp³-hybridized carbons (Fsp3) is 0.321. The minimum absolute atomic E-state index is 0.00555. The molecule has 4 rings (SSSR count). The van der Waals surface area contributed by atoms with E-state index in [-0.39, 0.29) is 17.9 Å². The van der Waals surface area contributed by atoms with E-state index in [2.05, 4.69) is 10.7 Å². The molecule has 6 heteroatoms. The number of amides is 1. The van der Waals surface area contributed by atoms with Crippen LogP contribution < -0.4 is 5.32 Å². The SMILES string of the molecule is O=C(Cc1ccccc1C(=O)O)Nc1cccc(/C=C/c2nc(C3CCCCCCC3)cs2)c1. The third-order valence-corrected chi connectivity index (χ3v) is 7.08. The fourth-order valence-electron chi connectivity index (χ4n) is 4.47. The Morgan fingerprint density at radius 1 is 1.00 bits per heavy atom. The Morgan fingerprint density at radius 3 is 2.56 bits per heavy atom. The lowest BCUT2D eigenvalue weighted by atomic mass is 9.89. The van der Waals surface area contributed by atoms with Gasteiger partial charge >= 0.3 is 5.97 Å². The van der Waals surface area contributed by atoms with E-state index in [1.165, 1.54) is 56.7 Å². The first-order chi connectivity index (χ1) is 16.6. The van der Waals surface area contributed by atoms with Crippen molar-refractivity contribution in [1.29, 1.82) is 0 Å². The van der Waals surface area contributed by atoms with Crippen LogP contribution in [0.5, 0.6) is 0 Å². The number of benzene rings is 2. The summed E-state index contributed by atoms with van der Waals surface area (Å²) in [5.41, 5.74) is 3.51.